The summed E-state index contributed by atoms with van der Waals surface area (Å²) in [5.41, 5.74) is 2.61. The Bertz CT molecular complexity index is 524. The number of nitrogens with zero attached hydrogens (tertiary/aromatic N) is 2. The Hall–Kier alpha value is -1.59. The maximum atomic E-state index is 5.42. The monoisotopic (exact) mass is 346 g/mol. The minimum atomic E-state index is 0.701. The van der Waals surface area contributed by atoms with Crippen molar-refractivity contribution in [2.75, 3.05) is 39.4 Å². The standard InChI is InChI=1S/C20H34N4O/c1-4-21-20(22-9-8-17(2)3)23-15-18-6-5-7-19(14-18)16-24-10-12-25-13-11-24/h5-7,14,17H,4,8-13,15-16H2,1-3H3,(H2,21,22,23). The minimum absolute atomic E-state index is 0.701. The largest absolute Gasteiger partial charge is 0.379 e. The zero-order valence-corrected chi connectivity index (χ0v) is 16.1. The molecule has 0 unspecified atom stereocenters. The van der Waals surface area contributed by atoms with Crippen LogP contribution in [0.1, 0.15) is 38.3 Å². The summed E-state index contributed by atoms with van der Waals surface area (Å²) in [5, 5.41) is 6.74. The Morgan fingerprint density at radius 1 is 1.20 bits per heavy atom. The van der Waals surface area contributed by atoms with Gasteiger partial charge in [0, 0.05) is 32.7 Å². The lowest BCUT2D eigenvalue weighted by Crippen LogP contribution is -2.38. The summed E-state index contributed by atoms with van der Waals surface area (Å²) in [6.07, 6.45) is 1.15. The lowest BCUT2D eigenvalue weighted by atomic mass is 10.1. The minimum Gasteiger partial charge on any atom is -0.379 e. The zero-order chi connectivity index (χ0) is 17.9. The highest BCUT2D eigenvalue weighted by molar-refractivity contribution is 5.79. The van der Waals surface area contributed by atoms with Gasteiger partial charge in [0.2, 0.25) is 0 Å². The first-order valence-corrected chi connectivity index (χ1v) is 9.57. The summed E-state index contributed by atoms with van der Waals surface area (Å²) < 4.78 is 5.42. The van der Waals surface area contributed by atoms with Gasteiger partial charge in [-0.1, -0.05) is 38.1 Å². The molecule has 0 spiro atoms. The van der Waals surface area contributed by atoms with E-state index >= 15 is 0 Å². The van der Waals surface area contributed by atoms with Gasteiger partial charge in [0.15, 0.2) is 5.96 Å². The van der Waals surface area contributed by atoms with Gasteiger partial charge >= 0.3 is 0 Å². The quantitative estimate of drug-likeness (QED) is 0.561. The molecule has 2 rings (SSSR count). The van der Waals surface area contributed by atoms with E-state index in [2.05, 4.69) is 60.6 Å². The van der Waals surface area contributed by atoms with Crippen LogP contribution in [0.4, 0.5) is 0 Å². The molecule has 1 saturated heterocycles. The van der Waals surface area contributed by atoms with Crippen LogP contribution < -0.4 is 10.6 Å². The van der Waals surface area contributed by atoms with Crippen LogP contribution in [0.5, 0.6) is 0 Å². The van der Waals surface area contributed by atoms with Gasteiger partial charge < -0.3 is 15.4 Å². The van der Waals surface area contributed by atoms with E-state index in [1.54, 1.807) is 0 Å². The molecule has 0 bridgehead atoms. The first kappa shape index (κ1) is 19.7. The van der Waals surface area contributed by atoms with Crippen LogP contribution in [-0.2, 0) is 17.8 Å². The number of nitrogens with one attached hydrogen (secondary N) is 2. The molecule has 5 nitrogen and oxygen atoms in total. The first-order chi connectivity index (χ1) is 12.2. The van der Waals surface area contributed by atoms with Crippen LogP contribution in [0.25, 0.3) is 0 Å². The van der Waals surface area contributed by atoms with Crippen molar-refractivity contribution in [3.63, 3.8) is 0 Å². The lowest BCUT2D eigenvalue weighted by molar-refractivity contribution is 0.0342. The van der Waals surface area contributed by atoms with Gasteiger partial charge in [-0.25, -0.2) is 4.99 Å². The molecule has 1 fully saturated rings. The third-order valence-electron chi connectivity index (χ3n) is 4.28. The highest BCUT2D eigenvalue weighted by Gasteiger charge is 2.10. The van der Waals surface area contributed by atoms with Crippen molar-refractivity contribution in [2.45, 2.75) is 40.3 Å². The summed E-state index contributed by atoms with van der Waals surface area (Å²) in [5.74, 6) is 1.61. The number of hydrogen-bond acceptors (Lipinski definition) is 3. The highest BCUT2D eigenvalue weighted by atomic mass is 16.5. The third-order valence-corrected chi connectivity index (χ3v) is 4.28. The molecule has 5 heteroatoms. The zero-order valence-electron chi connectivity index (χ0n) is 16.1. The molecule has 25 heavy (non-hydrogen) atoms. The second-order valence-electron chi connectivity index (χ2n) is 7.01. The van der Waals surface area contributed by atoms with E-state index in [9.17, 15) is 0 Å². The van der Waals surface area contributed by atoms with E-state index in [-0.39, 0.29) is 0 Å². The smallest absolute Gasteiger partial charge is 0.191 e. The first-order valence-electron chi connectivity index (χ1n) is 9.57. The fraction of sp³-hybridized carbons (Fsp3) is 0.650. The van der Waals surface area contributed by atoms with E-state index in [4.69, 9.17) is 9.73 Å². The Labute approximate surface area is 152 Å². The van der Waals surface area contributed by atoms with Crippen molar-refractivity contribution in [1.82, 2.24) is 15.5 Å². The van der Waals surface area contributed by atoms with Crippen molar-refractivity contribution in [3.05, 3.63) is 35.4 Å². The molecule has 0 saturated carbocycles. The number of ether oxygens (including phenoxy) is 1. The van der Waals surface area contributed by atoms with Crippen molar-refractivity contribution in [1.29, 1.82) is 0 Å². The number of aliphatic imine (C=N–C) groups is 1. The fourth-order valence-corrected chi connectivity index (χ4v) is 2.84. The molecule has 140 valence electrons. The van der Waals surface area contributed by atoms with Gasteiger partial charge in [0.05, 0.1) is 19.8 Å². The Balaban J connectivity index is 1.89. The summed E-state index contributed by atoms with van der Waals surface area (Å²) in [7, 11) is 0. The van der Waals surface area contributed by atoms with Crippen molar-refractivity contribution < 1.29 is 4.74 Å². The second-order valence-corrected chi connectivity index (χ2v) is 7.01. The summed E-state index contributed by atoms with van der Waals surface area (Å²) in [6, 6.07) is 8.77. The molecular weight excluding hydrogens is 312 g/mol. The van der Waals surface area contributed by atoms with Gasteiger partial charge in [-0.3, -0.25) is 4.90 Å². The molecule has 1 aliphatic rings. The molecule has 0 atom stereocenters. The van der Waals surface area contributed by atoms with Gasteiger partial charge in [-0.2, -0.15) is 0 Å². The average molecular weight is 347 g/mol. The lowest BCUT2D eigenvalue weighted by Gasteiger charge is -2.26. The predicted molar refractivity (Wildman–Crippen MR) is 105 cm³/mol. The van der Waals surface area contributed by atoms with Crippen LogP contribution in [0, 0.1) is 5.92 Å². The van der Waals surface area contributed by atoms with Gasteiger partial charge in [0.25, 0.3) is 0 Å². The fourth-order valence-electron chi connectivity index (χ4n) is 2.84. The SMILES string of the molecule is CCNC(=NCc1cccc(CN2CCOCC2)c1)NCCC(C)C. The number of hydrogen-bond donors (Lipinski definition) is 2. The molecule has 2 N–H and O–H groups in total. The van der Waals surface area contributed by atoms with Crippen LogP contribution in [-0.4, -0.2) is 50.3 Å². The Morgan fingerprint density at radius 2 is 1.96 bits per heavy atom. The van der Waals surface area contributed by atoms with Crippen molar-refractivity contribution in [2.24, 2.45) is 10.9 Å². The third kappa shape index (κ3) is 7.88. The van der Waals surface area contributed by atoms with Crippen LogP contribution in [0.3, 0.4) is 0 Å². The number of rotatable bonds is 8. The molecule has 1 aromatic rings. The van der Waals surface area contributed by atoms with E-state index in [0.29, 0.717) is 12.5 Å². The maximum Gasteiger partial charge on any atom is 0.191 e. The maximum absolute atomic E-state index is 5.42. The molecule has 1 aromatic carbocycles. The van der Waals surface area contributed by atoms with E-state index in [1.807, 2.05) is 0 Å². The van der Waals surface area contributed by atoms with Crippen molar-refractivity contribution >= 4 is 5.96 Å². The normalized spacial score (nSPS) is 16.2. The summed E-state index contributed by atoms with van der Waals surface area (Å²) in [4.78, 5) is 7.18. The summed E-state index contributed by atoms with van der Waals surface area (Å²) >= 11 is 0. The molecule has 0 aliphatic carbocycles. The van der Waals surface area contributed by atoms with Crippen LogP contribution in [0.2, 0.25) is 0 Å². The summed E-state index contributed by atoms with van der Waals surface area (Å²) in [6.45, 7) is 13.8. The molecule has 1 aliphatic heterocycles. The molecule has 0 amide bonds. The van der Waals surface area contributed by atoms with Gasteiger partial charge in [0.1, 0.15) is 0 Å². The van der Waals surface area contributed by atoms with Crippen LogP contribution in [0.15, 0.2) is 29.3 Å². The molecule has 0 aromatic heterocycles. The van der Waals surface area contributed by atoms with Crippen molar-refractivity contribution in [3.8, 4) is 0 Å². The topological polar surface area (TPSA) is 48.9 Å². The van der Waals surface area contributed by atoms with E-state index in [1.165, 1.54) is 11.1 Å². The molecular formula is C20H34N4O. The Morgan fingerprint density at radius 3 is 2.68 bits per heavy atom. The van der Waals surface area contributed by atoms with E-state index in [0.717, 1.165) is 58.3 Å². The number of benzene rings is 1. The average Bonchev–Trinajstić information content (AvgIpc) is 2.60. The van der Waals surface area contributed by atoms with Gasteiger partial charge in [-0.05, 0) is 30.4 Å². The highest BCUT2D eigenvalue weighted by Crippen LogP contribution is 2.11. The second kappa shape index (κ2) is 11.1. The molecule has 0 radical (unpaired) electrons. The Kier molecular flexibility index (Phi) is 8.77. The van der Waals surface area contributed by atoms with Crippen LogP contribution >= 0.6 is 0 Å². The molecule has 1 heterocycles. The predicted octanol–water partition coefficient (Wildman–Crippen LogP) is 2.62. The number of morpholine rings is 1. The van der Waals surface area contributed by atoms with Gasteiger partial charge in [-0.15, -0.1) is 0 Å². The number of guanidine groups is 1. The van der Waals surface area contributed by atoms with E-state index < -0.39 is 0 Å².